The number of carbonyl (C=O) groups is 7. The lowest BCUT2D eigenvalue weighted by Crippen LogP contribution is -2.83. The van der Waals surface area contributed by atoms with Crippen LogP contribution in [0.5, 0.6) is 0 Å². The minimum absolute atomic E-state index is 0.104. The molecule has 3 aliphatic carbocycles. The molecule has 2 heterocycles. The smallest absolute Gasteiger partial charge is 0.461 e. The summed E-state index contributed by atoms with van der Waals surface area (Å²) < 4.78 is 50.3. The van der Waals surface area contributed by atoms with Crippen molar-refractivity contribution < 1.29 is 71.5 Å². The van der Waals surface area contributed by atoms with E-state index in [0.717, 1.165) is 12.5 Å². The summed E-state index contributed by atoms with van der Waals surface area (Å²) in [6.45, 7) is 9.77. The molecule has 8 rings (SSSR count). The summed E-state index contributed by atoms with van der Waals surface area (Å²) in [5.74, 6) is -5.14. The number of ether oxygens (including phenoxy) is 8. The van der Waals surface area contributed by atoms with Gasteiger partial charge in [0.15, 0.2) is 41.1 Å². The van der Waals surface area contributed by atoms with Crippen LogP contribution >= 0.6 is 0 Å². The van der Waals surface area contributed by atoms with Crippen molar-refractivity contribution in [2.45, 2.75) is 122 Å². The van der Waals surface area contributed by atoms with E-state index in [4.69, 9.17) is 37.9 Å². The highest BCUT2D eigenvalue weighted by Crippen LogP contribution is 2.67. The first kappa shape index (κ1) is 47.1. The van der Waals surface area contributed by atoms with Crippen LogP contribution in [-0.4, -0.2) is 96.0 Å². The molecule has 10 atom stereocenters. The Bertz CT molecular complexity index is 2530. The van der Waals surface area contributed by atoms with Crippen molar-refractivity contribution in [2.75, 3.05) is 6.61 Å². The third-order valence-corrected chi connectivity index (χ3v) is 14.2. The largest absolute Gasteiger partial charge is 0.509 e. The fourth-order valence-electron chi connectivity index (χ4n) is 11.3. The Labute approximate surface area is 388 Å². The second kappa shape index (κ2) is 18.0. The van der Waals surface area contributed by atoms with Crippen molar-refractivity contribution in [1.29, 1.82) is 0 Å². The van der Waals surface area contributed by atoms with Gasteiger partial charge in [-0.15, -0.1) is 0 Å². The van der Waals surface area contributed by atoms with Gasteiger partial charge < -0.3 is 37.9 Å². The Kier molecular flexibility index (Phi) is 12.6. The van der Waals surface area contributed by atoms with E-state index in [9.17, 15) is 28.8 Å². The minimum atomic E-state index is -2.00. The molecule has 0 amide bonds. The van der Waals surface area contributed by atoms with Crippen LogP contribution in [0.25, 0.3) is 6.08 Å². The summed E-state index contributed by atoms with van der Waals surface area (Å²) in [7, 11) is 0. The monoisotopic (exact) mass is 918 g/mol. The first-order chi connectivity index (χ1) is 31.8. The number of hydrogen-bond acceptors (Lipinski definition) is 15. The molecule has 1 spiro atoms. The Hall–Kier alpha value is -6.45. The molecular weight excluding hydrogens is 865 g/mol. The number of Topliss-reactive ketones (excluding diaryl/α,β-unsaturated/α-hetero) is 1. The molecule has 0 radical (unpaired) electrons. The lowest BCUT2D eigenvalue weighted by atomic mass is 9.44. The maximum atomic E-state index is 16.1. The van der Waals surface area contributed by atoms with Gasteiger partial charge in [0.25, 0.3) is 0 Å². The molecule has 0 aromatic heterocycles. The number of benzene rings is 3. The molecule has 2 bridgehead atoms. The molecule has 2 aliphatic heterocycles. The number of rotatable bonds is 13. The van der Waals surface area contributed by atoms with E-state index >= 15 is 4.79 Å². The van der Waals surface area contributed by atoms with Crippen LogP contribution in [0.3, 0.4) is 0 Å². The van der Waals surface area contributed by atoms with E-state index in [1.807, 2.05) is 42.5 Å². The molecule has 67 heavy (non-hydrogen) atoms. The average molecular weight is 919 g/mol. The molecule has 2 saturated heterocycles. The molecule has 15 nitrogen and oxygen atoms in total. The Morgan fingerprint density at radius 1 is 0.791 bits per heavy atom. The van der Waals surface area contributed by atoms with E-state index in [0.29, 0.717) is 16.7 Å². The van der Waals surface area contributed by atoms with Crippen LogP contribution in [0.1, 0.15) is 94.8 Å². The normalized spacial score (nSPS) is 31.3. The first-order valence-electron chi connectivity index (χ1n) is 22.4. The maximum Gasteiger partial charge on any atom is 0.509 e. The van der Waals surface area contributed by atoms with Gasteiger partial charge in [0, 0.05) is 50.2 Å². The van der Waals surface area contributed by atoms with Crippen LogP contribution in [0.2, 0.25) is 0 Å². The highest BCUT2D eigenvalue weighted by Gasteiger charge is 2.83. The fourth-order valence-corrected chi connectivity index (χ4v) is 11.3. The second-order valence-corrected chi connectivity index (χ2v) is 18.6. The summed E-state index contributed by atoms with van der Waals surface area (Å²) in [5.41, 5.74) is -4.08. The van der Waals surface area contributed by atoms with Crippen molar-refractivity contribution >= 4 is 47.7 Å². The number of fused-ring (bicyclic) bond motifs is 4. The number of esters is 4. The zero-order valence-electron chi connectivity index (χ0n) is 38.4. The predicted molar refractivity (Wildman–Crippen MR) is 237 cm³/mol. The molecule has 0 unspecified atom stereocenters. The summed E-state index contributed by atoms with van der Waals surface area (Å²) in [6, 6.07) is 25.1. The molecule has 4 fully saturated rings. The highest BCUT2D eigenvalue weighted by atomic mass is 16.8. The minimum Gasteiger partial charge on any atom is -0.461 e. The summed E-state index contributed by atoms with van der Waals surface area (Å²) in [6.07, 6.45) is -5.76. The standard InChI is InChI=1S/C52H54O15/c1-29-40-43(63-31(3)54)45(58)50(7)37(64-39(56)21-15-14-16-33-22-24-36(25-23-33)41(57)35-19-12-9-13-20-35)26-38-51(28-61-38,66-32(4)55)44(50)47(60-27-34-17-10-8-11-18-34)52(49(40,5)6)46(65-48(59)67-52)42(29)62-30(2)53/h8-14,16-20,22-25,37-38,42-44,46-47H,15,21,26-28H2,1-7H3/b16-14+/t37-,38+,42+,43+,44-,46-,47-,50+,51-,52+/m0/s1. The van der Waals surface area contributed by atoms with Gasteiger partial charge in [-0.1, -0.05) is 111 Å². The predicted octanol–water partition coefficient (Wildman–Crippen LogP) is 7.01. The average Bonchev–Trinajstić information content (AvgIpc) is 3.65. The summed E-state index contributed by atoms with van der Waals surface area (Å²) in [4.78, 5) is 96.3. The van der Waals surface area contributed by atoms with Crippen molar-refractivity contribution in [3.8, 4) is 0 Å². The van der Waals surface area contributed by atoms with E-state index in [1.54, 1.807) is 82.3 Å². The topological polar surface area (TPSA) is 193 Å². The van der Waals surface area contributed by atoms with E-state index < -0.39 is 100 Å². The molecule has 3 aromatic carbocycles. The zero-order chi connectivity index (χ0) is 48.1. The van der Waals surface area contributed by atoms with Gasteiger partial charge in [-0.05, 0) is 42.5 Å². The van der Waals surface area contributed by atoms with Crippen LogP contribution in [0, 0.1) is 16.7 Å². The van der Waals surface area contributed by atoms with Gasteiger partial charge in [0.2, 0.25) is 0 Å². The van der Waals surface area contributed by atoms with Crippen LogP contribution in [0.15, 0.2) is 102 Å². The van der Waals surface area contributed by atoms with E-state index in [1.165, 1.54) is 13.8 Å². The summed E-state index contributed by atoms with van der Waals surface area (Å²) >= 11 is 0. The van der Waals surface area contributed by atoms with Gasteiger partial charge in [-0.25, -0.2) is 4.79 Å². The second-order valence-electron chi connectivity index (χ2n) is 18.6. The van der Waals surface area contributed by atoms with E-state index in [-0.39, 0.29) is 49.4 Å². The number of allylic oxidation sites excluding steroid dienone is 1. The third kappa shape index (κ3) is 8.05. The van der Waals surface area contributed by atoms with Gasteiger partial charge in [-0.2, -0.15) is 0 Å². The van der Waals surface area contributed by atoms with Crippen LogP contribution < -0.4 is 0 Å². The first-order valence-corrected chi connectivity index (χ1v) is 22.4. The van der Waals surface area contributed by atoms with Crippen molar-refractivity contribution in [3.05, 3.63) is 124 Å². The van der Waals surface area contributed by atoms with Gasteiger partial charge in [-0.3, -0.25) is 28.8 Å². The van der Waals surface area contributed by atoms with E-state index in [2.05, 4.69) is 0 Å². The molecule has 2 saturated carbocycles. The van der Waals surface area contributed by atoms with Gasteiger partial charge in [0.05, 0.1) is 24.5 Å². The lowest BCUT2D eigenvalue weighted by Gasteiger charge is -2.67. The lowest BCUT2D eigenvalue weighted by molar-refractivity contribution is -0.351. The maximum absolute atomic E-state index is 16.1. The molecule has 0 N–H and O–H groups in total. The Morgan fingerprint density at radius 2 is 1.43 bits per heavy atom. The molecule has 15 heteroatoms. The van der Waals surface area contributed by atoms with Crippen LogP contribution in [-0.2, 0) is 68.5 Å². The molecule has 3 aromatic rings. The van der Waals surface area contributed by atoms with Crippen molar-refractivity contribution in [3.63, 3.8) is 0 Å². The third-order valence-electron chi connectivity index (χ3n) is 14.2. The van der Waals surface area contributed by atoms with Crippen molar-refractivity contribution in [1.82, 2.24) is 0 Å². The molecule has 5 aliphatic rings. The van der Waals surface area contributed by atoms with Gasteiger partial charge >= 0.3 is 30.0 Å². The Morgan fingerprint density at radius 3 is 2.04 bits per heavy atom. The SMILES string of the molecule is CC(=O)O[C@H]1C(=O)[C@]2(C)[C@@H](OC(=O)CC/C=C/c3ccc(C(=O)c4ccccc4)cc3)C[C@H]3OC[C@@]3(OC(C)=O)[C@H]2[C@H](OCc2ccccc2)[C@]23OC(=O)O[C@H]2[C@H](OC(C)=O)C(C)=C1C3(C)C. The number of carbonyl (C=O) groups excluding carboxylic acids is 7. The quantitative estimate of drug-likeness (QED) is 0.0735. The van der Waals surface area contributed by atoms with Crippen molar-refractivity contribution in [2.24, 2.45) is 16.7 Å². The van der Waals surface area contributed by atoms with Gasteiger partial charge in [0.1, 0.15) is 18.3 Å². The molecule has 352 valence electrons. The summed E-state index contributed by atoms with van der Waals surface area (Å²) in [5, 5.41) is 0. The molecular formula is C52H54O15. The fraction of sp³-hybridized carbons (Fsp3) is 0.442. The number of hydrogen-bond donors (Lipinski definition) is 0. The Balaban J connectivity index is 1.21. The number of ketones is 2. The van der Waals surface area contributed by atoms with Crippen LogP contribution in [0.4, 0.5) is 4.79 Å². The highest BCUT2D eigenvalue weighted by molar-refractivity contribution is 6.09. The zero-order valence-corrected chi connectivity index (χ0v) is 38.4.